The standard InChI is InChI=1S/C27H25FN4O5/c1-17-4-6-19(7-5-17)26(36)31-13-14-32(27(37)20-3-2-12-29-16-20)25(31)24(35)30-22(15-23(33)34)18-8-10-21(28)11-9-18/h2-12,16,22,25H,13-15H2,1H3,(H,30,35)(H,33,34). The Morgan fingerprint density at radius 1 is 0.973 bits per heavy atom. The molecule has 2 atom stereocenters. The molecule has 9 nitrogen and oxygen atoms in total. The highest BCUT2D eigenvalue weighted by molar-refractivity contribution is 6.02. The van der Waals surface area contributed by atoms with Gasteiger partial charge >= 0.3 is 5.97 Å². The van der Waals surface area contributed by atoms with Crippen molar-refractivity contribution < 1.29 is 28.7 Å². The third kappa shape index (κ3) is 5.80. The fraction of sp³-hybridized carbons (Fsp3) is 0.222. The Hall–Kier alpha value is -4.60. The molecule has 0 radical (unpaired) electrons. The maximum Gasteiger partial charge on any atom is 0.305 e. The monoisotopic (exact) mass is 504 g/mol. The molecule has 2 heterocycles. The van der Waals surface area contributed by atoms with E-state index < -0.39 is 48.1 Å². The van der Waals surface area contributed by atoms with Crippen molar-refractivity contribution >= 4 is 23.7 Å². The number of carbonyl (C=O) groups is 4. The van der Waals surface area contributed by atoms with Gasteiger partial charge in [-0.1, -0.05) is 29.8 Å². The molecule has 3 amide bonds. The molecule has 1 saturated heterocycles. The number of nitrogens with one attached hydrogen (secondary N) is 1. The van der Waals surface area contributed by atoms with Gasteiger partial charge < -0.3 is 20.2 Å². The summed E-state index contributed by atoms with van der Waals surface area (Å²) in [5, 5.41) is 12.1. The lowest BCUT2D eigenvalue weighted by molar-refractivity contribution is -0.138. The summed E-state index contributed by atoms with van der Waals surface area (Å²) >= 11 is 0. The van der Waals surface area contributed by atoms with E-state index in [1.807, 2.05) is 6.92 Å². The molecule has 4 rings (SSSR count). The number of benzene rings is 2. The molecular formula is C27H25FN4O5. The van der Waals surface area contributed by atoms with Crippen LogP contribution >= 0.6 is 0 Å². The number of hydrogen-bond acceptors (Lipinski definition) is 5. The summed E-state index contributed by atoms with van der Waals surface area (Å²) in [5.41, 5.74) is 1.92. The van der Waals surface area contributed by atoms with Crippen LogP contribution < -0.4 is 5.32 Å². The number of hydrogen-bond donors (Lipinski definition) is 2. The van der Waals surface area contributed by atoms with Crippen molar-refractivity contribution in [3.8, 4) is 0 Å². The number of carbonyl (C=O) groups excluding carboxylic acids is 3. The van der Waals surface area contributed by atoms with Crippen LogP contribution in [0.25, 0.3) is 0 Å². The van der Waals surface area contributed by atoms with Gasteiger partial charge in [-0.25, -0.2) is 4.39 Å². The van der Waals surface area contributed by atoms with Gasteiger partial charge in [-0.05, 0) is 48.9 Å². The molecule has 3 aromatic rings. The second kappa shape index (κ2) is 11.0. The molecule has 190 valence electrons. The van der Waals surface area contributed by atoms with Crippen molar-refractivity contribution in [2.45, 2.75) is 25.6 Å². The Balaban J connectivity index is 1.67. The van der Waals surface area contributed by atoms with Gasteiger partial charge in [0.2, 0.25) is 0 Å². The van der Waals surface area contributed by atoms with Crippen LogP contribution in [0.1, 0.15) is 44.3 Å². The van der Waals surface area contributed by atoms with E-state index in [-0.39, 0.29) is 18.7 Å². The normalized spacial score (nSPS) is 15.8. The Morgan fingerprint density at radius 2 is 1.59 bits per heavy atom. The highest BCUT2D eigenvalue weighted by Gasteiger charge is 2.44. The van der Waals surface area contributed by atoms with Gasteiger partial charge in [-0.2, -0.15) is 0 Å². The second-order valence-corrected chi connectivity index (χ2v) is 8.69. The average Bonchev–Trinajstić information content (AvgIpc) is 3.34. The first-order chi connectivity index (χ1) is 17.7. The molecule has 0 spiro atoms. The first-order valence-electron chi connectivity index (χ1n) is 11.6. The Kier molecular flexibility index (Phi) is 7.57. The smallest absolute Gasteiger partial charge is 0.305 e. The van der Waals surface area contributed by atoms with E-state index in [9.17, 15) is 28.7 Å². The number of carboxylic acids is 1. The number of pyridine rings is 1. The lowest BCUT2D eigenvalue weighted by Crippen LogP contribution is -2.54. The molecule has 2 N–H and O–H groups in total. The van der Waals surface area contributed by atoms with Gasteiger partial charge in [-0.15, -0.1) is 0 Å². The van der Waals surface area contributed by atoms with Crippen molar-refractivity contribution in [3.05, 3.63) is 101 Å². The minimum absolute atomic E-state index is 0.0869. The molecule has 2 aromatic carbocycles. The summed E-state index contributed by atoms with van der Waals surface area (Å²) in [5.74, 6) is -3.37. The number of aryl methyl sites for hydroxylation is 1. The van der Waals surface area contributed by atoms with Crippen molar-refractivity contribution in [2.75, 3.05) is 13.1 Å². The molecular weight excluding hydrogens is 479 g/mol. The van der Waals surface area contributed by atoms with Gasteiger partial charge in [0, 0.05) is 31.0 Å². The SMILES string of the molecule is Cc1ccc(C(=O)N2CCN(C(=O)c3cccnc3)C2C(=O)NC(CC(=O)O)c2ccc(F)cc2)cc1. The van der Waals surface area contributed by atoms with Crippen LogP contribution in [0.3, 0.4) is 0 Å². The summed E-state index contributed by atoms with van der Waals surface area (Å²) in [6.45, 7) is 2.06. The van der Waals surface area contributed by atoms with E-state index in [2.05, 4.69) is 10.3 Å². The number of rotatable bonds is 7. The molecule has 1 aromatic heterocycles. The minimum Gasteiger partial charge on any atom is -0.481 e. The highest BCUT2D eigenvalue weighted by Crippen LogP contribution is 2.24. The lowest BCUT2D eigenvalue weighted by Gasteiger charge is -2.31. The quantitative estimate of drug-likeness (QED) is 0.511. The van der Waals surface area contributed by atoms with Gasteiger partial charge in [0.15, 0.2) is 6.17 Å². The minimum atomic E-state index is -1.33. The van der Waals surface area contributed by atoms with Gasteiger partial charge in [-0.3, -0.25) is 24.2 Å². The molecule has 0 bridgehead atoms. The van der Waals surface area contributed by atoms with Crippen LogP contribution in [-0.2, 0) is 9.59 Å². The van der Waals surface area contributed by atoms with Crippen LogP contribution in [0.5, 0.6) is 0 Å². The van der Waals surface area contributed by atoms with Crippen LogP contribution in [0.15, 0.2) is 73.1 Å². The number of halogens is 1. The van der Waals surface area contributed by atoms with Crippen molar-refractivity contribution in [1.82, 2.24) is 20.1 Å². The van der Waals surface area contributed by atoms with E-state index in [1.165, 1.54) is 34.3 Å². The zero-order valence-electron chi connectivity index (χ0n) is 20.0. The molecule has 10 heteroatoms. The van der Waals surface area contributed by atoms with Crippen molar-refractivity contribution in [1.29, 1.82) is 0 Å². The van der Waals surface area contributed by atoms with E-state index in [1.54, 1.807) is 36.4 Å². The summed E-state index contributed by atoms with van der Waals surface area (Å²) in [7, 11) is 0. The average molecular weight is 505 g/mol. The molecule has 1 fully saturated rings. The number of aromatic nitrogens is 1. The predicted octanol–water partition coefficient (Wildman–Crippen LogP) is 2.79. The van der Waals surface area contributed by atoms with Crippen LogP contribution in [0.2, 0.25) is 0 Å². The number of carboxylic acid groups (broad SMARTS) is 1. The van der Waals surface area contributed by atoms with Crippen LogP contribution in [0.4, 0.5) is 4.39 Å². The maximum absolute atomic E-state index is 13.6. The summed E-state index contributed by atoms with van der Waals surface area (Å²) < 4.78 is 13.5. The predicted molar refractivity (Wildman–Crippen MR) is 131 cm³/mol. The fourth-order valence-corrected chi connectivity index (χ4v) is 4.22. The first-order valence-corrected chi connectivity index (χ1v) is 11.6. The molecule has 0 saturated carbocycles. The van der Waals surface area contributed by atoms with Crippen LogP contribution in [0, 0.1) is 12.7 Å². The zero-order chi connectivity index (χ0) is 26.5. The number of amides is 3. The maximum atomic E-state index is 13.6. The first kappa shape index (κ1) is 25.5. The molecule has 1 aliphatic rings. The van der Waals surface area contributed by atoms with Gasteiger partial charge in [0.05, 0.1) is 18.0 Å². The van der Waals surface area contributed by atoms with E-state index >= 15 is 0 Å². The topological polar surface area (TPSA) is 120 Å². The van der Waals surface area contributed by atoms with Crippen molar-refractivity contribution in [2.24, 2.45) is 0 Å². The zero-order valence-corrected chi connectivity index (χ0v) is 20.0. The molecule has 2 unspecified atom stereocenters. The van der Waals surface area contributed by atoms with Gasteiger partial charge in [0.25, 0.3) is 17.7 Å². The molecule has 1 aliphatic heterocycles. The number of aliphatic carboxylic acids is 1. The van der Waals surface area contributed by atoms with Crippen molar-refractivity contribution in [3.63, 3.8) is 0 Å². The molecule has 37 heavy (non-hydrogen) atoms. The summed E-state index contributed by atoms with van der Waals surface area (Å²) in [6.07, 6.45) is 1.07. The summed E-state index contributed by atoms with van der Waals surface area (Å²) in [4.78, 5) is 58.4. The van der Waals surface area contributed by atoms with E-state index in [0.717, 1.165) is 17.7 Å². The Labute approximate surface area is 212 Å². The third-order valence-electron chi connectivity index (χ3n) is 6.10. The largest absolute Gasteiger partial charge is 0.481 e. The lowest BCUT2D eigenvalue weighted by atomic mass is 10.0. The number of nitrogens with zero attached hydrogens (tertiary/aromatic N) is 3. The van der Waals surface area contributed by atoms with E-state index in [4.69, 9.17) is 0 Å². The van der Waals surface area contributed by atoms with Gasteiger partial charge in [0.1, 0.15) is 5.82 Å². The van der Waals surface area contributed by atoms with Crippen LogP contribution in [-0.4, -0.2) is 62.8 Å². The van der Waals surface area contributed by atoms with E-state index in [0.29, 0.717) is 11.1 Å². The second-order valence-electron chi connectivity index (χ2n) is 8.69. The highest BCUT2D eigenvalue weighted by atomic mass is 19.1. The summed E-state index contributed by atoms with van der Waals surface area (Å²) in [6, 6.07) is 14.0. The Bertz CT molecular complexity index is 1300. The molecule has 0 aliphatic carbocycles. The third-order valence-corrected chi connectivity index (χ3v) is 6.10. The Morgan fingerprint density at radius 3 is 2.16 bits per heavy atom. The fourth-order valence-electron chi connectivity index (χ4n) is 4.22.